The Morgan fingerprint density at radius 2 is 1.93 bits per heavy atom. The fourth-order valence-electron chi connectivity index (χ4n) is 3.38. The summed E-state index contributed by atoms with van der Waals surface area (Å²) in [5.74, 6) is 0.118. The van der Waals surface area contributed by atoms with Crippen LogP contribution in [0, 0.1) is 0 Å². The van der Waals surface area contributed by atoms with Gasteiger partial charge in [-0.2, -0.15) is 0 Å². The molecule has 0 aromatic heterocycles. The lowest BCUT2D eigenvalue weighted by Gasteiger charge is -2.25. The molecule has 0 aliphatic carbocycles. The largest absolute Gasteiger partial charge is 0.478 e. The lowest BCUT2D eigenvalue weighted by Crippen LogP contribution is -2.40. The average molecular weight is 379 g/mol. The normalized spacial score (nSPS) is 18.3. The second-order valence-corrected chi connectivity index (χ2v) is 6.89. The molecule has 28 heavy (non-hydrogen) atoms. The van der Waals surface area contributed by atoms with Gasteiger partial charge in [0, 0.05) is 25.2 Å². The summed E-state index contributed by atoms with van der Waals surface area (Å²) in [7, 11) is 0. The summed E-state index contributed by atoms with van der Waals surface area (Å²) in [4.78, 5) is 37.9. The molecule has 0 radical (unpaired) electrons. The van der Waals surface area contributed by atoms with Gasteiger partial charge in [-0.05, 0) is 36.2 Å². The van der Waals surface area contributed by atoms with E-state index < -0.39 is 6.10 Å². The van der Waals surface area contributed by atoms with Gasteiger partial charge in [-0.15, -0.1) is 0 Å². The zero-order valence-corrected chi connectivity index (χ0v) is 15.3. The Kier molecular flexibility index (Phi) is 4.97. The third kappa shape index (κ3) is 3.83. The molecule has 2 aliphatic rings. The van der Waals surface area contributed by atoms with Gasteiger partial charge in [-0.25, -0.2) is 0 Å². The number of hydrogen-bond donors (Lipinski definition) is 2. The third-order valence-corrected chi connectivity index (χ3v) is 4.89. The molecule has 0 saturated carbocycles. The van der Waals surface area contributed by atoms with Gasteiger partial charge in [0.25, 0.3) is 5.91 Å². The van der Waals surface area contributed by atoms with Crippen molar-refractivity contribution in [3.63, 3.8) is 0 Å². The molecular formula is C21H21N3O4. The van der Waals surface area contributed by atoms with Gasteiger partial charge in [0.15, 0.2) is 6.10 Å². The van der Waals surface area contributed by atoms with E-state index in [0.717, 1.165) is 24.2 Å². The van der Waals surface area contributed by atoms with Crippen LogP contribution < -0.4 is 20.3 Å². The summed E-state index contributed by atoms with van der Waals surface area (Å²) < 4.78 is 5.64. The number of anilines is 2. The third-order valence-electron chi connectivity index (χ3n) is 4.89. The van der Waals surface area contributed by atoms with Crippen LogP contribution in [0.15, 0.2) is 48.5 Å². The predicted molar refractivity (Wildman–Crippen MR) is 104 cm³/mol. The van der Waals surface area contributed by atoms with Crippen LogP contribution in [0.1, 0.15) is 24.8 Å². The fourth-order valence-corrected chi connectivity index (χ4v) is 3.38. The summed E-state index contributed by atoms with van der Waals surface area (Å²) in [6.07, 6.45) is 0.579. The van der Waals surface area contributed by atoms with E-state index in [2.05, 4.69) is 10.6 Å². The molecule has 0 unspecified atom stereocenters. The molecule has 2 heterocycles. The van der Waals surface area contributed by atoms with Crippen LogP contribution in [0.3, 0.4) is 0 Å². The minimum absolute atomic E-state index is 0.0550. The van der Waals surface area contributed by atoms with E-state index in [1.807, 2.05) is 30.3 Å². The van der Waals surface area contributed by atoms with Crippen LogP contribution in [0.25, 0.3) is 0 Å². The smallest absolute Gasteiger partial charge is 0.266 e. The maximum atomic E-state index is 12.2. The summed E-state index contributed by atoms with van der Waals surface area (Å²) in [5, 5.41) is 5.56. The minimum Gasteiger partial charge on any atom is -0.478 e. The highest BCUT2D eigenvalue weighted by molar-refractivity contribution is 6.00. The van der Waals surface area contributed by atoms with Crippen molar-refractivity contribution in [1.82, 2.24) is 5.32 Å². The quantitative estimate of drug-likeness (QED) is 0.834. The maximum Gasteiger partial charge on any atom is 0.266 e. The Labute approximate surface area is 162 Å². The number of benzene rings is 2. The van der Waals surface area contributed by atoms with Crippen LogP contribution in [0.5, 0.6) is 5.75 Å². The van der Waals surface area contributed by atoms with Crippen LogP contribution in [-0.2, 0) is 20.9 Å². The van der Waals surface area contributed by atoms with Gasteiger partial charge in [0.05, 0.1) is 12.1 Å². The number of ether oxygens (including phenoxy) is 1. The molecular weight excluding hydrogens is 358 g/mol. The highest BCUT2D eigenvalue weighted by Gasteiger charge is 2.29. The molecule has 0 bridgehead atoms. The Balaban J connectivity index is 1.30. The Bertz CT molecular complexity index is 910. The molecule has 2 aromatic rings. The first kappa shape index (κ1) is 18.0. The maximum absolute atomic E-state index is 12.2. The van der Waals surface area contributed by atoms with Crippen LogP contribution in [0.4, 0.5) is 11.4 Å². The van der Waals surface area contributed by atoms with Crippen molar-refractivity contribution in [3.05, 3.63) is 54.1 Å². The van der Waals surface area contributed by atoms with Gasteiger partial charge < -0.3 is 20.3 Å². The van der Waals surface area contributed by atoms with Crippen LogP contribution in [-0.4, -0.2) is 30.4 Å². The zero-order chi connectivity index (χ0) is 19.5. The van der Waals surface area contributed by atoms with Crippen molar-refractivity contribution in [2.24, 2.45) is 0 Å². The second-order valence-electron chi connectivity index (χ2n) is 6.89. The predicted octanol–water partition coefficient (Wildman–Crippen LogP) is 2.22. The number of hydrogen-bond acceptors (Lipinski definition) is 4. The molecule has 1 atom stereocenters. The summed E-state index contributed by atoms with van der Waals surface area (Å²) in [6.45, 7) is 1.10. The van der Waals surface area contributed by atoms with E-state index >= 15 is 0 Å². The molecule has 3 amide bonds. The van der Waals surface area contributed by atoms with Crippen molar-refractivity contribution in [3.8, 4) is 5.75 Å². The number of nitrogens with one attached hydrogen (secondary N) is 2. The lowest BCUT2D eigenvalue weighted by atomic mass is 10.1. The first-order valence-electron chi connectivity index (χ1n) is 9.33. The van der Waals surface area contributed by atoms with E-state index in [0.29, 0.717) is 24.4 Å². The molecule has 7 heteroatoms. The van der Waals surface area contributed by atoms with Crippen molar-refractivity contribution >= 4 is 29.1 Å². The van der Waals surface area contributed by atoms with Gasteiger partial charge >= 0.3 is 0 Å². The van der Waals surface area contributed by atoms with Crippen molar-refractivity contribution in [1.29, 1.82) is 0 Å². The van der Waals surface area contributed by atoms with Crippen LogP contribution in [0.2, 0.25) is 0 Å². The number of carbonyl (C=O) groups is 3. The molecule has 0 spiro atoms. The number of fused-ring (bicyclic) bond motifs is 1. The molecule has 1 fully saturated rings. The standard InChI is InChI=1S/C21H21N3O4/c25-19(12-18-21(27)23-16-4-1-2-5-17(16)28-18)22-13-14-7-9-15(10-8-14)24-11-3-6-20(24)26/h1-2,4-5,7-10,18H,3,6,11-13H2,(H,22,25)(H,23,27)/t18-/m0/s1. The fraction of sp³-hybridized carbons (Fsp3) is 0.286. The van der Waals surface area contributed by atoms with Crippen molar-refractivity contribution in [2.75, 3.05) is 16.8 Å². The van der Waals surface area contributed by atoms with Crippen molar-refractivity contribution < 1.29 is 19.1 Å². The lowest BCUT2D eigenvalue weighted by molar-refractivity contribution is -0.130. The summed E-state index contributed by atoms with van der Waals surface area (Å²) >= 11 is 0. The van der Waals surface area contributed by atoms with E-state index in [4.69, 9.17) is 4.74 Å². The summed E-state index contributed by atoms with van der Waals surface area (Å²) in [5.41, 5.74) is 2.41. The monoisotopic (exact) mass is 379 g/mol. The van der Waals surface area contributed by atoms with Crippen LogP contribution >= 0.6 is 0 Å². The topological polar surface area (TPSA) is 87.7 Å². The van der Waals surface area contributed by atoms with Gasteiger partial charge in [0.1, 0.15) is 5.75 Å². The minimum atomic E-state index is -0.849. The number of amides is 3. The highest BCUT2D eigenvalue weighted by Crippen LogP contribution is 2.29. The highest BCUT2D eigenvalue weighted by atomic mass is 16.5. The van der Waals surface area contributed by atoms with E-state index in [1.165, 1.54) is 0 Å². The van der Waals surface area contributed by atoms with Gasteiger partial charge in [-0.3, -0.25) is 14.4 Å². The molecule has 7 nitrogen and oxygen atoms in total. The van der Waals surface area contributed by atoms with Crippen molar-refractivity contribution in [2.45, 2.75) is 31.9 Å². The SMILES string of the molecule is O=C(C[C@@H]1Oc2ccccc2NC1=O)NCc1ccc(N2CCCC2=O)cc1. The first-order chi connectivity index (χ1) is 13.6. The van der Waals surface area contributed by atoms with E-state index in [-0.39, 0.29) is 24.1 Å². The molecule has 144 valence electrons. The summed E-state index contributed by atoms with van der Waals surface area (Å²) in [6, 6.07) is 14.7. The Morgan fingerprint density at radius 1 is 1.14 bits per heavy atom. The molecule has 2 aliphatic heterocycles. The molecule has 1 saturated heterocycles. The number of rotatable bonds is 5. The van der Waals surface area contributed by atoms with E-state index in [9.17, 15) is 14.4 Å². The molecule has 2 aromatic carbocycles. The first-order valence-corrected chi connectivity index (χ1v) is 9.33. The molecule has 2 N–H and O–H groups in total. The zero-order valence-electron chi connectivity index (χ0n) is 15.3. The Morgan fingerprint density at radius 3 is 2.68 bits per heavy atom. The molecule has 4 rings (SSSR count). The van der Waals surface area contributed by atoms with E-state index in [1.54, 1.807) is 23.1 Å². The number of nitrogens with zero attached hydrogens (tertiary/aromatic N) is 1. The Hall–Kier alpha value is -3.35. The average Bonchev–Trinajstić information content (AvgIpc) is 3.13. The van der Waals surface area contributed by atoms with Gasteiger partial charge in [-0.1, -0.05) is 24.3 Å². The number of carbonyl (C=O) groups excluding carboxylic acids is 3. The van der Waals surface area contributed by atoms with Gasteiger partial charge in [0.2, 0.25) is 11.8 Å². The number of para-hydroxylation sites is 2. The second kappa shape index (κ2) is 7.72.